The standard InChI is InChI=1S/C28H36N6O4/c1-5-7-12-24(35)34(26(19(3)4)28(37)29-17-25(36)38-6-2)18-20-13-15-21(16-14-20)22-10-8-9-11-23(22)27-30-32-33-31-27/h8-11,13-16,19,26H,5-7,12,17-18H2,1-4H3,(H,29,37)(H,30,31,32,33)/t26-/m0/s1. The van der Waals surface area contributed by atoms with E-state index < -0.39 is 12.0 Å². The first kappa shape index (κ1) is 28.5. The van der Waals surface area contributed by atoms with E-state index in [1.807, 2.05) is 69.3 Å². The molecule has 3 aromatic rings. The molecule has 2 N–H and O–H groups in total. The number of amides is 2. The molecule has 1 atom stereocenters. The van der Waals surface area contributed by atoms with E-state index in [0.29, 0.717) is 12.2 Å². The van der Waals surface area contributed by atoms with E-state index in [9.17, 15) is 14.4 Å². The normalized spacial score (nSPS) is 11.7. The quantitative estimate of drug-likeness (QED) is 0.328. The number of unbranched alkanes of at least 4 members (excludes halogenated alkanes) is 1. The van der Waals surface area contributed by atoms with Crippen LogP contribution in [0.3, 0.4) is 0 Å². The summed E-state index contributed by atoms with van der Waals surface area (Å²) in [6.45, 7) is 7.79. The highest BCUT2D eigenvalue weighted by atomic mass is 16.5. The molecule has 0 radical (unpaired) electrons. The molecule has 1 heterocycles. The fourth-order valence-corrected chi connectivity index (χ4v) is 4.29. The fourth-order valence-electron chi connectivity index (χ4n) is 4.29. The molecule has 0 bridgehead atoms. The number of ether oxygens (including phenoxy) is 1. The van der Waals surface area contributed by atoms with Crippen LogP contribution >= 0.6 is 0 Å². The minimum Gasteiger partial charge on any atom is -0.465 e. The van der Waals surface area contributed by atoms with Gasteiger partial charge >= 0.3 is 5.97 Å². The van der Waals surface area contributed by atoms with Gasteiger partial charge < -0.3 is 15.0 Å². The second-order valence-corrected chi connectivity index (χ2v) is 9.31. The van der Waals surface area contributed by atoms with Crippen molar-refractivity contribution in [2.75, 3.05) is 13.2 Å². The highest BCUT2D eigenvalue weighted by Crippen LogP contribution is 2.30. The molecule has 38 heavy (non-hydrogen) atoms. The molecule has 0 saturated heterocycles. The SMILES string of the molecule is CCCCC(=O)N(Cc1ccc(-c2ccccc2-c2nn[nH]n2)cc1)[C@H](C(=O)NCC(=O)OCC)C(C)C. The van der Waals surface area contributed by atoms with Gasteiger partial charge in [0.05, 0.1) is 6.61 Å². The summed E-state index contributed by atoms with van der Waals surface area (Å²) in [5, 5.41) is 17.0. The van der Waals surface area contributed by atoms with Crippen LogP contribution in [-0.2, 0) is 25.7 Å². The number of hydrogen-bond acceptors (Lipinski definition) is 7. The van der Waals surface area contributed by atoms with Crippen LogP contribution < -0.4 is 5.32 Å². The number of nitrogens with zero attached hydrogens (tertiary/aromatic N) is 4. The van der Waals surface area contributed by atoms with Gasteiger partial charge in [0.25, 0.3) is 0 Å². The third-order valence-corrected chi connectivity index (χ3v) is 6.14. The van der Waals surface area contributed by atoms with Gasteiger partial charge in [0.2, 0.25) is 17.6 Å². The lowest BCUT2D eigenvalue weighted by Crippen LogP contribution is -2.52. The van der Waals surface area contributed by atoms with Crippen LogP contribution in [0.2, 0.25) is 0 Å². The van der Waals surface area contributed by atoms with Crippen LogP contribution in [0.15, 0.2) is 48.5 Å². The van der Waals surface area contributed by atoms with E-state index in [0.717, 1.165) is 35.1 Å². The number of rotatable bonds is 13. The molecule has 2 aromatic carbocycles. The highest BCUT2D eigenvalue weighted by molar-refractivity contribution is 5.90. The maximum Gasteiger partial charge on any atom is 0.325 e. The van der Waals surface area contributed by atoms with E-state index >= 15 is 0 Å². The zero-order valence-electron chi connectivity index (χ0n) is 22.4. The van der Waals surface area contributed by atoms with Crippen molar-refractivity contribution in [2.45, 2.75) is 59.5 Å². The Kier molecular flexibility index (Phi) is 10.5. The van der Waals surface area contributed by atoms with Gasteiger partial charge in [-0.15, -0.1) is 10.2 Å². The van der Waals surface area contributed by atoms with Crippen molar-refractivity contribution < 1.29 is 19.1 Å². The summed E-state index contributed by atoms with van der Waals surface area (Å²) in [7, 11) is 0. The Bertz CT molecular complexity index is 1190. The summed E-state index contributed by atoms with van der Waals surface area (Å²) < 4.78 is 4.92. The lowest BCUT2D eigenvalue weighted by Gasteiger charge is -2.34. The molecule has 0 fully saturated rings. The summed E-state index contributed by atoms with van der Waals surface area (Å²) in [6, 6.07) is 14.9. The molecule has 202 valence electrons. The van der Waals surface area contributed by atoms with Crippen molar-refractivity contribution in [2.24, 2.45) is 5.92 Å². The summed E-state index contributed by atoms with van der Waals surface area (Å²) in [4.78, 5) is 39.9. The molecule has 10 heteroatoms. The first-order chi connectivity index (χ1) is 18.3. The maximum atomic E-state index is 13.3. The molecule has 0 aliphatic heterocycles. The first-order valence-corrected chi connectivity index (χ1v) is 13.0. The number of esters is 1. The second-order valence-electron chi connectivity index (χ2n) is 9.31. The molecule has 3 rings (SSSR count). The Morgan fingerprint density at radius 3 is 2.34 bits per heavy atom. The smallest absolute Gasteiger partial charge is 0.325 e. The Labute approximate surface area is 223 Å². The molecular formula is C28H36N6O4. The molecule has 10 nitrogen and oxygen atoms in total. The molecule has 1 aromatic heterocycles. The fraction of sp³-hybridized carbons (Fsp3) is 0.429. The van der Waals surface area contributed by atoms with Crippen LogP contribution in [0, 0.1) is 5.92 Å². The van der Waals surface area contributed by atoms with E-state index in [4.69, 9.17) is 4.74 Å². The van der Waals surface area contributed by atoms with Crippen LogP contribution in [0.4, 0.5) is 0 Å². The summed E-state index contributed by atoms with van der Waals surface area (Å²) in [5.41, 5.74) is 3.66. The summed E-state index contributed by atoms with van der Waals surface area (Å²) >= 11 is 0. The average molecular weight is 521 g/mol. The molecule has 0 aliphatic carbocycles. The zero-order chi connectivity index (χ0) is 27.5. The molecule has 2 amide bonds. The van der Waals surface area contributed by atoms with Crippen molar-refractivity contribution in [1.82, 2.24) is 30.8 Å². The second kappa shape index (κ2) is 14.0. The van der Waals surface area contributed by atoms with Gasteiger partial charge in [-0.1, -0.05) is 75.7 Å². The van der Waals surface area contributed by atoms with Crippen LogP contribution in [-0.4, -0.2) is 62.5 Å². The molecule has 0 spiro atoms. The monoisotopic (exact) mass is 520 g/mol. The Morgan fingerprint density at radius 2 is 1.74 bits per heavy atom. The molecule has 0 saturated carbocycles. The number of carbonyl (C=O) groups excluding carboxylic acids is 3. The van der Waals surface area contributed by atoms with Gasteiger partial charge in [0.15, 0.2) is 0 Å². The van der Waals surface area contributed by atoms with Gasteiger partial charge in [0.1, 0.15) is 12.6 Å². The highest BCUT2D eigenvalue weighted by Gasteiger charge is 2.32. The number of aromatic amines is 1. The van der Waals surface area contributed by atoms with Crippen molar-refractivity contribution in [1.29, 1.82) is 0 Å². The first-order valence-electron chi connectivity index (χ1n) is 13.0. The topological polar surface area (TPSA) is 130 Å². The van der Waals surface area contributed by atoms with Crippen molar-refractivity contribution >= 4 is 17.8 Å². The number of carbonyl (C=O) groups is 3. The predicted octanol–water partition coefficient (Wildman–Crippen LogP) is 3.76. The molecule has 0 aliphatic rings. The van der Waals surface area contributed by atoms with Crippen LogP contribution in [0.1, 0.15) is 52.5 Å². The van der Waals surface area contributed by atoms with Gasteiger partial charge in [-0.05, 0) is 41.2 Å². The number of benzene rings is 2. The third-order valence-electron chi connectivity index (χ3n) is 6.14. The Hall–Kier alpha value is -4.08. The lowest BCUT2D eigenvalue weighted by atomic mass is 9.97. The number of hydrogen-bond donors (Lipinski definition) is 2. The van der Waals surface area contributed by atoms with E-state index in [1.165, 1.54) is 0 Å². The number of nitrogens with one attached hydrogen (secondary N) is 2. The molecular weight excluding hydrogens is 484 g/mol. The molecule has 0 unspecified atom stereocenters. The largest absolute Gasteiger partial charge is 0.465 e. The summed E-state index contributed by atoms with van der Waals surface area (Å²) in [6.07, 6.45) is 1.95. The zero-order valence-corrected chi connectivity index (χ0v) is 22.4. The van der Waals surface area contributed by atoms with Crippen molar-refractivity contribution in [3.05, 3.63) is 54.1 Å². The average Bonchev–Trinajstić information content (AvgIpc) is 3.45. The predicted molar refractivity (Wildman–Crippen MR) is 143 cm³/mol. The van der Waals surface area contributed by atoms with Gasteiger partial charge in [-0.3, -0.25) is 14.4 Å². The van der Waals surface area contributed by atoms with Gasteiger partial charge in [0, 0.05) is 18.5 Å². The number of tetrazole rings is 1. The minimum atomic E-state index is -0.729. The Balaban J connectivity index is 1.84. The lowest BCUT2D eigenvalue weighted by molar-refractivity contribution is -0.146. The van der Waals surface area contributed by atoms with E-state index in [1.54, 1.807) is 11.8 Å². The summed E-state index contributed by atoms with van der Waals surface area (Å²) in [5.74, 6) is -0.634. The van der Waals surface area contributed by atoms with Gasteiger partial charge in [-0.25, -0.2) is 0 Å². The van der Waals surface area contributed by atoms with Crippen LogP contribution in [0.5, 0.6) is 0 Å². The Morgan fingerprint density at radius 1 is 1.03 bits per heavy atom. The minimum absolute atomic E-state index is 0.0941. The third kappa shape index (κ3) is 7.47. The van der Waals surface area contributed by atoms with E-state index in [-0.39, 0.29) is 37.4 Å². The van der Waals surface area contributed by atoms with Crippen molar-refractivity contribution in [3.63, 3.8) is 0 Å². The maximum absolute atomic E-state index is 13.3. The number of aromatic nitrogens is 4. The number of H-pyrrole nitrogens is 1. The van der Waals surface area contributed by atoms with Gasteiger partial charge in [-0.2, -0.15) is 5.21 Å². The van der Waals surface area contributed by atoms with Crippen LogP contribution in [0.25, 0.3) is 22.5 Å². The van der Waals surface area contributed by atoms with Crippen molar-refractivity contribution in [3.8, 4) is 22.5 Å². The van der Waals surface area contributed by atoms with E-state index in [2.05, 4.69) is 25.9 Å².